The van der Waals surface area contributed by atoms with E-state index in [-0.39, 0.29) is 5.41 Å². The summed E-state index contributed by atoms with van der Waals surface area (Å²) in [5.74, 6) is 0. The lowest BCUT2D eigenvalue weighted by Crippen LogP contribution is -2.17. The first-order valence-electron chi connectivity index (χ1n) is 25.1. The van der Waals surface area contributed by atoms with Crippen LogP contribution in [0.15, 0.2) is 273 Å². The number of rotatable bonds is 9. The van der Waals surface area contributed by atoms with Crippen molar-refractivity contribution in [1.29, 1.82) is 0 Å². The van der Waals surface area contributed by atoms with E-state index in [4.69, 9.17) is 0 Å². The Morgan fingerprint density at radius 1 is 0.250 bits per heavy atom. The molecule has 1 nitrogen and oxygen atoms in total. The van der Waals surface area contributed by atoms with Crippen molar-refractivity contribution < 1.29 is 0 Å². The molecule has 0 aromatic heterocycles. The normalized spacial score (nSPS) is 12.4. The molecule has 340 valence electrons. The van der Waals surface area contributed by atoms with Crippen molar-refractivity contribution in [3.63, 3.8) is 0 Å². The average Bonchev–Trinajstić information content (AvgIpc) is 3.68. The van der Waals surface area contributed by atoms with Gasteiger partial charge in [0.15, 0.2) is 0 Å². The van der Waals surface area contributed by atoms with Crippen LogP contribution < -0.4 is 4.90 Å². The number of anilines is 3. The van der Waals surface area contributed by atoms with Crippen LogP contribution in [0.3, 0.4) is 0 Å². The minimum Gasteiger partial charge on any atom is -0.309 e. The topological polar surface area (TPSA) is 3.24 Å². The van der Waals surface area contributed by atoms with Crippen molar-refractivity contribution in [2.75, 3.05) is 4.90 Å². The third kappa shape index (κ3) is 7.41. The van der Waals surface area contributed by atoms with Crippen molar-refractivity contribution in [2.45, 2.75) is 19.3 Å². The maximum Gasteiger partial charge on any atom is 0.0624 e. The Balaban J connectivity index is 1.05. The molecule has 12 aromatic carbocycles. The van der Waals surface area contributed by atoms with Gasteiger partial charge in [0.25, 0.3) is 0 Å². The van der Waals surface area contributed by atoms with Gasteiger partial charge in [0.2, 0.25) is 0 Å². The number of nitrogens with zero attached hydrogens (tertiary/aromatic N) is 1. The SMILES string of the molecule is CC1(C)c2ccccc2-c2ccc(N(c3ccc(-c4cc(-c5ccccc5)ccc4-c4ccccc4)cc3)c3c(-c4cccc(-c5cccc(-c6ccccc6)c5)c4)c4ccccc4c4ccccc34)cc21. The maximum absolute atomic E-state index is 2.55. The van der Waals surface area contributed by atoms with Gasteiger partial charge in [0.05, 0.1) is 5.69 Å². The van der Waals surface area contributed by atoms with Crippen LogP contribution in [0.2, 0.25) is 0 Å². The maximum atomic E-state index is 2.55. The fourth-order valence-electron chi connectivity index (χ4n) is 11.5. The van der Waals surface area contributed by atoms with E-state index in [9.17, 15) is 0 Å². The van der Waals surface area contributed by atoms with Gasteiger partial charge in [-0.15, -0.1) is 0 Å². The first-order valence-corrected chi connectivity index (χ1v) is 25.1. The molecule has 0 amide bonds. The van der Waals surface area contributed by atoms with Gasteiger partial charge in [-0.2, -0.15) is 0 Å². The van der Waals surface area contributed by atoms with Gasteiger partial charge in [-0.3, -0.25) is 0 Å². The Labute approximate surface area is 422 Å². The van der Waals surface area contributed by atoms with Gasteiger partial charge in [0.1, 0.15) is 0 Å². The highest BCUT2D eigenvalue weighted by Gasteiger charge is 2.36. The lowest BCUT2D eigenvalue weighted by Gasteiger charge is -2.32. The van der Waals surface area contributed by atoms with Crippen LogP contribution in [0.1, 0.15) is 25.0 Å². The molecule has 0 saturated heterocycles. The van der Waals surface area contributed by atoms with Crippen LogP contribution in [0.25, 0.3) is 99.4 Å². The molecule has 0 unspecified atom stereocenters. The van der Waals surface area contributed by atoms with E-state index in [0.717, 1.165) is 28.2 Å². The van der Waals surface area contributed by atoms with Crippen LogP contribution in [0.4, 0.5) is 17.1 Å². The molecule has 0 atom stereocenters. The zero-order chi connectivity index (χ0) is 48.2. The van der Waals surface area contributed by atoms with Crippen molar-refractivity contribution in [2.24, 2.45) is 0 Å². The summed E-state index contributed by atoms with van der Waals surface area (Å²) in [6.45, 7) is 4.76. The number of fused-ring (bicyclic) bond motifs is 6. The van der Waals surface area contributed by atoms with Crippen LogP contribution in [-0.4, -0.2) is 0 Å². The van der Waals surface area contributed by atoms with E-state index >= 15 is 0 Å². The monoisotopic (exact) mass is 917 g/mol. The molecule has 1 heteroatoms. The Morgan fingerprint density at radius 2 is 0.681 bits per heavy atom. The molecular formula is C71H51N. The van der Waals surface area contributed by atoms with Crippen molar-refractivity contribution in [3.8, 4) is 77.9 Å². The summed E-state index contributed by atoms with van der Waals surface area (Å²) >= 11 is 0. The molecule has 72 heavy (non-hydrogen) atoms. The zero-order valence-electron chi connectivity index (χ0n) is 40.4. The summed E-state index contributed by atoms with van der Waals surface area (Å²) < 4.78 is 0. The Morgan fingerprint density at radius 3 is 1.35 bits per heavy atom. The molecule has 0 saturated carbocycles. The van der Waals surface area contributed by atoms with Gasteiger partial charge in [-0.05, 0) is 142 Å². The van der Waals surface area contributed by atoms with Gasteiger partial charge in [0, 0.05) is 27.7 Å². The molecule has 12 aromatic rings. The number of hydrogen-bond acceptors (Lipinski definition) is 1. The first kappa shape index (κ1) is 43.0. The minimum atomic E-state index is -0.189. The second-order valence-corrected chi connectivity index (χ2v) is 19.6. The summed E-state index contributed by atoms with van der Waals surface area (Å²) in [7, 11) is 0. The van der Waals surface area contributed by atoms with Crippen LogP contribution in [-0.2, 0) is 5.41 Å². The van der Waals surface area contributed by atoms with E-state index in [0.29, 0.717) is 0 Å². The molecule has 0 heterocycles. The number of benzene rings is 12. The summed E-state index contributed by atoms with van der Waals surface area (Å²) in [5, 5.41) is 4.86. The fourth-order valence-corrected chi connectivity index (χ4v) is 11.5. The van der Waals surface area contributed by atoms with E-state index < -0.39 is 0 Å². The standard InChI is InChI=1S/C71H51N/c1-71(2)67-35-17-16-32-62(67)63-43-41-58(47-68(63)71)72(57-39-36-51(37-40-57)66-46-55(49-22-8-4-9-23-49)38-42-59(66)50-24-10-5-11-25-50)70-65-34-15-13-31-61(65)60-30-12-14-33-64(60)69(70)56-29-19-28-54(45-56)53-27-18-26-52(44-53)48-20-6-3-7-21-48/h3-47H,1-2H3. The largest absolute Gasteiger partial charge is 0.309 e. The number of hydrogen-bond donors (Lipinski definition) is 0. The molecule has 0 spiro atoms. The molecule has 0 N–H and O–H groups in total. The highest BCUT2D eigenvalue weighted by atomic mass is 15.1. The van der Waals surface area contributed by atoms with Gasteiger partial charge in [-0.25, -0.2) is 0 Å². The fraction of sp³-hybridized carbons (Fsp3) is 0.0423. The van der Waals surface area contributed by atoms with Crippen molar-refractivity contribution in [1.82, 2.24) is 0 Å². The molecule has 0 aliphatic heterocycles. The Bertz CT molecular complexity index is 3980. The van der Waals surface area contributed by atoms with Gasteiger partial charge in [-0.1, -0.05) is 244 Å². The highest BCUT2D eigenvalue weighted by molar-refractivity contribution is 6.22. The van der Waals surface area contributed by atoms with Crippen molar-refractivity contribution in [3.05, 3.63) is 284 Å². The lowest BCUT2D eigenvalue weighted by molar-refractivity contribution is 0.660. The predicted molar refractivity (Wildman–Crippen MR) is 306 cm³/mol. The lowest BCUT2D eigenvalue weighted by atomic mass is 9.82. The third-order valence-electron chi connectivity index (χ3n) is 15.1. The summed E-state index contributed by atoms with van der Waals surface area (Å²) in [6.07, 6.45) is 0. The molecule has 1 aliphatic rings. The summed E-state index contributed by atoms with van der Waals surface area (Å²) in [6, 6.07) is 101. The highest BCUT2D eigenvalue weighted by Crippen LogP contribution is 2.54. The molecule has 0 fully saturated rings. The molecular weight excluding hydrogens is 867 g/mol. The predicted octanol–water partition coefficient (Wildman–Crippen LogP) is 19.8. The van der Waals surface area contributed by atoms with E-state index in [2.05, 4.69) is 292 Å². The molecule has 0 radical (unpaired) electrons. The Kier molecular flexibility index (Phi) is 10.6. The van der Waals surface area contributed by atoms with E-state index in [1.165, 1.54) is 99.4 Å². The van der Waals surface area contributed by atoms with Crippen molar-refractivity contribution >= 4 is 38.6 Å². The Hall–Kier alpha value is -9.04. The van der Waals surface area contributed by atoms with Crippen LogP contribution in [0, 0.1) is 0 Å². The van der Waals surface area contributed by atoms with Gasteiger partial charge >= 0.3 is 0 Å². The zero-order valence-corrected chi connectivity index (χ0v) is 40.4. The smallest absolute Gasteiger partial charge is 0.0624 e. The molecule has 13 rings (SSSR count). The summed E-state index contributed by atoms with van der Waals surface area (Å²) in [4.78, 5) is 2.55. The first-order chi connectivity index (χ1) is 35.5. The van der Waals surface area contributed by atoms with E-state index in [1.54, 1.807) is 0 Å². The average molecular weight is 918 g/mol. The van der Waals surface area contributed by atoms with Gasteiger partial charge < -0.3 is 4.90 Å². The summed E-state index contributed by atoms with van der Waals surface area (Å²) in [5.41, 5.74) is 22.8. The second-order valence-electron chi connectivity index (χ2n) is 19.6. The molecule has 1 aliphatic carbocycles. The van der Waals surface area contributed by atoms with Crippen LogP contribution in [0.5, 0.6) is 0 Å². The second kappa shape index (κ2) is 17.7. The third-order valence-corrected chi connectivity index (χ3v) is 15.1. The van der Waals surface area contributed by atoms with E-state index in [1.807, 2.05) is 0 Å². The quantitative estimate of drug-likeness (QED) is 0.130. The minimum absolute atomic E-state index is 0.189. The molecule has 0 bridgehead atoms. The van der Waals surface area contributed by atoms with Crippen LogP contribution >= 0.6 is 0 Å².